The largest absolute Gasteiger partial charge is 0.358 e. The maximum absolute atomic E-state index is 11.8. The Morgan fingerprint density at radius 1 is 1.13 bits per heavy atom. The zero-order valence-corrected chi connectivity index (χ0v) is 14.4. The fourth-order valence-electron chi connectivity index (χ4n) is 1.78. The number of halogens is 2. The summed E-state index contributed by atoms with van der Waals surface area (Å²) in [4.78, 5) is 11.8. The van der Waals surface area contributed by atoms with Crippen molar-refractivity contribution in [3.05, 3.63) is 75.8 Å². The van der Waals surface area contributed by atoms with Gasteiger partial charge in [-0.1, -0.05) is 59.6 Å². The molecule has 0 bridgehead atoms. The van der Waals surface area contributed by atoms with E-state index in [1.165, 1.54) is 6.08 Å². The zero-order valence-electron chi connectivity index (χ0n) is 12.1. The van der Waals surface area contributed by atoms with Gasteiger partial charge in [-0.2, -0.15) is 0 Å². The van der Waals surface area contributed by atoms with Gasteiger partial charge in [0.15, 0.2) is 5.11 Å². The molecule has 0 spiro atoms. The maximum Gasteiger partial charge on any atom is 0.250 e. The second kappa shape index (κ2) is 8.67. The summed E-state index contributed by atoms with van der Waals surface area (Å²) in [5.41, 5.74) is 1.78. The van der Waals surface area contributed by atoms with Crippen LogP contribution in [0.3, 0.4) is 0 Å². The van der Waals surface area contributed by atoms with E-state index in [0.29, 0.717) is 22.2 Å². The Hall–Kier alpha value is -1.88. The van der Waals surface area contributed by atoms with E-state index in [1.54, 1.807) is 24.3 Å². The van der Waals surface area contributed by atoms with Gasteiger partial charge in [-0.05, 0) is 41.6 Å². The first-order valence-electron chi connectivity index (χ1n) is 6.80. The third-order valence-corrected chi connectivity index (χ3v) is 3.72. The molecule has 23 heavy (non-hydrogen) atoms. The van der Waals surface area contributed by atoms with Crippen molar-refractivity contribution in [1.82, 2.24) is 10.6 Å². The summed E-state index contributed by atoms with van der Waals surface area (Å²) in [6.07, 6.45) is 2.97. The fraction of sp³-hybridized carbons (Fsp3) is 0.0588. The summed E-state index contributed by atoms with van der Waals surface area (Å²) >= 11 is 16.9. The highest BCUT2D eigenvalue weighted by Crippen LogP contribution is 2.21. The molecule has 0 saturated heterocycles. The zero-order chi connectivity index (χ0) is 16.7. The van der Waals surface area contributed by atoms with Gasteiger partial charge in [-0.15, -0.1) is 0 Å². The Morgan fingerprint density at radius 2 is 1.87 bits per heavy atom. The predicted octanol–water partition coefficient (Wildman–Crippen LogP) is 4.20. The summed E-state index contributed by atoms with van der Waals surface area (Å²) in [7, 11) is 0. The molecule has 0 aliphatic rings. The van der Waals surface area contributed by atoms with E-state index in [9.17, 15) is 4.79 Å². The van der Waals surface area contributed by atoms with Gasteiger partial charge in [-0.25, -0.2) is 0 Å². The van der Waals surface area contributed by atoms with Crippen molar-refractivity contribution in [2.45, 2.75) is 6.54 Å². The molecule has 0 radical (unpaired) electrons. The highest BCUT2D eigenvalue weighted by atomic mass is 35.5. The van der Waals surface area contributed by atoms with Crippen LogP contribution in [0.4, 0.5) is 0 Å². The van der Waals surface area contributed by atoms with Gasteiger partial charge in [0.1, 0.15) is 0 Å². The van der Waals surface area contributed by atoms with E-state index in [4.69, 9.17) is 35.4 Å². The molecule has 2 aromatic carbocycles. The number of nitrogens with one attached hydrogen (secondary N) is 2. The van der Waals surface area contributed by atoms with Gasteiger partial charge in [-0.3, -0.25) is 10.1 Å². The normalized spacial score (nSPS) is 10.5. The minimum atomic E-state index is -0.332. The molecule has 118 valence electrons. The lowest BCUT2D eigenvalue weighted by molar-refractivity contribution is -0.115. The van der Waals surface area contributed by atoms with Crippen LogP contribution in [0.5, 0.6) is 0 Å². The van der Waals surface area contributed by atoms with Crippen molar-refractivity contribution in [1.29, 1.82) is 0 Å². The summed E-state index contributed by atoms with van der Waals surface area (Å²) in [5, 5.41) is 6.84. The van der Waals surface area contributed by atoms with Crippen LogP contribution in [0.1, 0.15) is 11.1 Å². The van der Waals surface area contributed by atoms with Crippen LogP contribution in [0.25, 0.3) is 6.08 Å². The van der Waals surface area contributed by atoms with Gasteiger partial charge in [0.25, 0.3) is 0 Å². The molecular weight excluding hydrogens is 351 g/mol. The standard InChI is InChI=1S/C17H14Cl2N2OS/c18-14-8-6-13(15(19)10-14)7-9-16(22)21-17(23)20-11-12-4-2-1-3-5-12/h1-10H,11H2,(H2,20,21,22,23)/b9-7+. The van der Waals surface area contributed by atoms with E-state index in [1.807, 2.05) is 30.3 Å². The first-order chi connectivity index (χ1) is 11.0. The van der Waals surface area contributed by atoms with Gasteiger partial charge < -0.3 is 5.32 Å². The summed E-state index contributed by atoms with van der Waals surface area (Å²) in [6.45, 7) is 0.548. The van der Waals surface area contributed by atoms with Gasteiger partial charge in [0.05, 0.1) is 0 Å². The van der Waals surface area contributed by atoms with E-state index in [-0.39, 0.29) is 11.0 Å². The molecule has 0 unspecified atom stereocenters. The number of thiocarbonyl (C=S) groups is 1. The van der Waals surface area contributed by atoms with E-state index in [0.717, 1.165) is 5.56 Å². The second-order valence-electron chi connectivity index (χ2n) is 4.66. The minimum absolute atomic E-state index is 0.269. The average molecular weight is 365 g/mol. The molecule has 0 saturated carbocycles. The SMILES string of the molecule is O=C(/C=C/c1ccc(Cl)cc1Cl)NC(=S)NCc1ccccc1. The topological polar surface area (TPSA) is 41.1 Å². The Bertz CT molecular complexity index is 733. The van der Waals surface area contributed by atoms with Crippen molar-refractivity contribution >= 4 is 52.5 Å². The van der Waals surface area contributed by atoms with Crippen LogP contribution in [0.2, 0.25) is 10.0 Å². The molecule has 1 amide bonds. The lowest BCUT2D eigenvalue weighted by atomic mass is 10.2. The second-order valence-corrected chi connectivity index (χ2v) is 5.91. The molecule has 0 atom stereocenters. The third-order valence-electron chi connectivity index (χ3n) is 2.91. The molecule has 0 fully saturated rings. The molecule has 0 heterocycles. The lowest BCUT2D eigenvalue weighted by Gasteiger charge is -2.08. The Kier molecular flexibility index (Phi) is 6.59. The van der Waals surface area contributed by atoms with E-state index >= 15 is 0 Å². The lowest BCUT2D eigenvalue weighted by Crippen LogP contribution is -2.37. The maximum atomic E-state index is 11.8. The fourth-order valence-corrected chi connectivity index (χ4v) is 2.42. The van der Waals surface area contributed by atoms with Crippen molar-refractivity contribution < 1.29 is 4.79 Å². The van der Waals surface area contributed by atoms with Crippen molar-refractivity contribution in [2.75, 3.05) is 0 Å². The van der Waals surface area contributed by atoms with Gasteiger partial charge >= 0.3 is 0 Å². The molecule has 6 heteroatoms. The summed E-state index contributed by atoms with van der Waals surface area (Å²) < 4.78 is 0. The number of benzene rings is 2. The average Bonchev–Trinajstić information content (AvgIpc) is 2.53. The Balaban J connectivity index is 1.84. The van der Waals surface area contributed by atoms with Crippen LogP contribution >= 0.6 is 35.4 Å². The van der Waals surface area contributed by atoms with Crippen LogP contribution in [0, 0.1) is 0 Å². The molecule has 0 aromatic heterocycles. The highest BCUT2D eigenvalue weighted by Gasteiger charge is 2.02. The third kappa shape index (κ3) is 6.02. The molecule has 0 aliphatic heterocycles. The number of hydrogen-bond donors (Lipinski definition) is 2. The minimum Gasteiger partial charge on any atom is -0.358 e. The summed E-state index contributed by atoms with van der Waals surface area (Å²) in [6, 6.07) is 14.8. The Morgan fingerprint density at radius 3 is 2.57 bits per heavy atom. The molecule has 2 N–H and O–H groups in total. The van der Waals surface area contributed by atoms with Crippen molar-refractivity contribution in [3.63, 3.8) is 0 Å². The molecule has 2 rings (SSSR count). The first kappa shape index (κ1) is 17.5. The number of amides is 1. The smallest absolute Gasteiger partial charge is 0.250 e. The monoisotopic (exact) mass is 364 g/mol. The van der Waals surface area contributed by atoms with Crippen molar-refractivity contribution in [3.8, 4) is 0 Å². The van der Waals surface area contributed by atoms with Crippen molar-refractivity contribution in [2.24, 2.45) is 0 Å². The number of rotatable bonds is 4. The highest BCUT2D eigenvalue weighted by molar-refractivity contribution is 7.80. The predicted molar refractivity (Wildman–Crippen MR) is 99.5 cm³/mol. The van der Waals surface area contributed by atoms with Gasteiger partial charge in [0, 0.05) is 22.7 Å². The number of carbonyl (C=O) groups excluding carboxylic acids is 1. The Labute approximate surface area is 150 Å². The van der Waals surface area contributed by atoms with E-state index in [2.05, 4.69) is 10.6 Å². The number of carbonyl (C=O) groups is 1. The first-order valence-corrected chi connectivity index (χ1v) is 7.97. The van der Waals surface area contributed by atoms with Gasteiger partial charge in [0.2, 0.25) is 5.91 Å². The quantitative estimate of drug-likeness (QED) is 0.630. The van der Waals surface area contributed by atoms with Crippen LogP contribution in [0.15, 0.2) is 54.6 Å². The number of hydrogen-bond acceptors (Lipinski definition) is 2. The molecule has 2 aromatic rings. The van der Waals surface area contributed by atoms with Crippen LogP contribution in [-0.2, 0) is 11.3 Å². The summed E-state index contributed by atoms with van der Waals surface area (Å²) in [5.74, 6) is -0.332. The van der Waals surface area contributed by atoms with Crippen LogP contribution in [-0.4, -0.2) is 11.0 Å². The molecule has 0 aliphatic carbocycles. The molecule has 3 nitrogen and oxygen atoms in total. The van der Waals surface area contributed by atoms with E-state index < -0.39 is 0 Å². The molecular formula is C17H14Cl2N2OS. The van der Waals surface area contributed by atoms with Crippen LogP contribution < -0.4 is 10.6 Å².